The minimum atomic E-state index is -0.787. The standard InChI is InChI=1S/C35H40N4O2S/c1-5-37(6-2)25-15-17-30-32(22-25)41-33-23-26(38(7-3)8-4)16-18-31(33)35(30)29-14-10-9-13-28(29)34(40)39(35)20-19-36-24-27-12-11-21-42-27/h9-18,21-23,36H,5-8,19-20,24H2,1-4H3. The van der Waals surface area contributed by atoms with Crippen LogP contribution in [0.3, 0.4) is 0 Å². The Hall–Kier alpha value is -3.81. The summed E-state index contributed by atoms with van der Waals surface area (Å²) in [6.07, 6.45) is 0. The monoisotopic (exact) mass is 580 g/mol. The Morgan fingerprint density at radius 3 is 1.98 bits per heavy atom. The van der Waals surface area contributed by atoms with Gasteiger partial charge in [-0.1, -0.05) is 36.4 Å². The highest BCUT2D eigenvalue weighted by molar-refractivity contribution is 7.09. The molecule has 7 heteroatoms. The molecule has 0 fully saturated rings. The molecule has 4 aromatic rings. The summed E-state index contributed by atoms with van der Waals surface area (Å²) >= 11 is 1.75. The molecule has 6 nitrogen and oxygen atoms in total. The van der Waals surface area contributed by atoms with Crippen molar-refractivity contribution < 1.29 is 9.53 Å². The molecule has 2 aliphatic rings. The molecule has 0 saturated carbocycles. The highest BCUT2D eigenvalue weighted by Crippen LogP contribution is 2.58. The van der Waals surface area contributed by atoms with Crippen molar-refractivity contribution >= 4 is 28.6 Å². The average molecular weight is 581 g/mol. The van der Waals surface area contributed by atoms with Crippen LogP contribution >= 0.6 is 11.3 Å². The van der Waals surface area contributed by atoms with Gasteiger partial charge in [0.2, 0.25) is 0 Å². The lowest BCUT2D eigenvalue weighted by Gasteiger charge is -2.45. The number of thiophene rings is 1. The maximum Gasteiger partial charge on any atom is 0.255 e. The molecule has 218 valence electrons. The number of carbonyl (C=O) groups excluding carboxylic acids is 1. The highest BCUT2D eigenvalue weighted by atomic mass is 32.1. The van der Waals surface area contributed by atoms with Crippen molar-refractivity contribution in [2.45, 2.75) is 39.8 Å². The van der Waals surface area contributed by atoms with Gasteiger partial charge < -0.3 is 24.8 Å². The van der Waals surface area contributed by atoms with Crippen LogP contribution in [0.2, 0.25) is 0 Å². The van der Waals surface area contributed by atoms with Crippen molar-refractivity contribution in [2.75, 3.05) is 49.1 Å². The van der Waals surface area contributed by atoms with Crippen LogP contribution in [-0.2, 0) is 12.1 Å². The lowest BCUT2D eigenvalue weighted by molar-refractivity contribution is 0.0667. The first-order chi connectivity index (χ1) is 20.6. The zero-order valence-electron chi connectivity index (χ0n) is 25.0. The first-order valence-electron chi connectivity index (χ1n) is 15.2. The predicted molar refractivity (Wildman–Crippen MR) is 173 cm³/mol. The van der Waals surface area contributed by atoms with Crippen molar-refractivity contribution in [2.24, 2.45) is 0 Å². The number of hydrogen-bond donors (Lipinski definition) is 1. The molecular weight excluding hydrogens is 540 g/mol. The van der Waals surface area contributed by atoms with Gasteiger partial charge in [0.05, 0.1) is 0 Å². The highest BCUT2D eigenvalue weighted by Gasteiger charge is 2.56. The van der Waals surface area contributed by atoms with E-state index in [9.17, 15) is 4.79 Å². The van der Waals surface area contributed by atoms with Crippen molar-refractivity contribution in [1.82, 2.24) is 10.2 Å². The van der Waals surface area contributed by atoms with E-state index in [0.29, 0.717) is 13.1 Å². The number of nitrogens with zero attached hydrogens (tertiary/aromatic N) is 3. The van der Waals surface area contributed by atoms with E-state index in [1.807, 2.05) is 12.1 Å². The van der Waals surface area contributed by atoms with Gasteiger partial charge in [-0.3, -0.25) is 4.79 Å². The molecule has 3 aromatic carbocycles. The number of ether oxygens (including phenoxy) is 1. The summed E-state index contributed by atoms with van der Waals surface area (Å²) in [6.45, 7) is 14.4. The van der Waals surface area contributed by atoms with E-state index in [2.05, 4.69) is 114 Å². The van der Waals surface area contributed by atoms with Crippen LogP contribution in [0.5, 0.6) is 11.5 Å². The van der Waals surface area contributed by atoms with Crippen LogP contribution < -0.4 is 19.9 Å². The average Bonchev–Trinajstić information content (AvgIpc) is 3.62. The van der Waals surface area contributed by atoms with Gasteiger partial charge in [0.1, 0.15) is 17.0 Å². The van der Waals surface area contributed by atoms with Gasteiger partial charge in [-0.15, -0.1) is 11.3 Å². The molecule has 0 bridgehead atoms. The van der Waals surface area contributed by atoms with Crippen molar-refractivity contribution in [1.29, 1.82) is 0 Å². The third kappa shape index (κ3) is 4.56. The number of hydrogen-bond acceptors (Lipinski definition) is 6. The van der Waals surface area contributed by atoms with Crippen LogP contribution in [0.4, 0.5) is 11.4 Å². The van der Waals surface area contributed by atoms with E-state index in [1.54, 1.807) is 11.3 Å². The molecule has 1 aromatic heterocycles. The van der Waals surface area contributed by atoms with Gasteiger partial charge in [-0.25, -0.2) is 0 Å². The molecule has 0 unspecified atom stereocenters. The molecule has 0 radical (unpaired) electrons. The maximum absolute atomic E-state index is 14.3. The molecular formula is C35H40N4O2S. The second kappa shape index (κ2) is 11.8. The summed E-state index contributed by atoms with van der Waals surface area (Å²) in [5.41, 5.74) is 5.26. The fourth-order valence-electron chi connectivity index (χ4n) is 6.72. The number of fused-ring (bicyclic) bond motifs is 6. The first kappa shape index (κ1) is 28.3. The SMILES string of the molecule is CCN(CC)c1ccc2c(c1)Oc1cc(N(CC)CC)ccc1C21c2ccccc2C(=O)N1CCNCc1cccs1. The Labute approximate surface area is 253 Å². The van der Waals surface area contributed by atoms with E-state index in [-0.39, 0.29) is 5.91 Å². The third-order valence-corrected chi connectivity index (χ3v) is 9.65. The van der Waals surface area contributed by atoms with Gasteiger partial charge in [0.25, 0.3) is 5.91 Å². The zero-order chi connectivity index (χ0) is 29.3. The lowest BCUT2D eigenvalue weighted by atomic mass is 9.74. The fourth-order valence-corrected chi connectivity index (χ4v) is 7.39. The molecule has 0 aliphatic carbocycles. The van der Waals surface area contributed by atoms with Crippen LogP contribution in [0.1, 0.15) is 59.6 Å². The predicted octanol–water partition coefficient (Wildman–Crippen LogP) is 7.08. The minimum absolute atomic E-state index is 0.0583. The Morgan fingerprint density at radius 2 is 1.40 bits per heavy atom. The summed E-state index contributed by atoms with van der Waals surface area (Å²) in [5.74, 6) is 1.68. The van der Waals surface area contributed by atoms with Crippen LogP contribution in [0.25, 0.3) is 0 Å². The van der Waals surface area contributed by atoms with E-state index >= 15 is 0 Å². The summed E-state index contributed by atoms with van der Waals surface area (Å²) in [6, 6.07) is 25.4. The van der Waals surface area contributed by atoms with Crippen molar-refractivity contribution in [3.8, 4) is 11.5 Å². The summed E-state index contributed by atoms with van der Waals surface area (Å²) < 4.78 is 6.79. The van der Waals surface area contributed by atoms with Gasteiger partial charge in [0.15, 0.2) is 0 Å². The number of nitrogens with one attached hydrogen (secondary N) is 1. The maximum atomic E-state index is 14.3. The molecule has 1 spiro atoms. The molecule has 42 heavy (non-hydrogen) atoms. The molecule has 0 saturated heterocycles. The second-order valence-corrected chi connectivity index (χ2v) is 11.8. The normalized spacial score (nSPS) is 14.4. The second-order valence-electron chi connectivity index (χ2n) is 10.8. The third-order valence-electron chi connectivity index (χ3n) is 8.78. The van der Waals surface area contributed by atoms with Gasteiger partial charge in [-0.2, -0.15) is 0 Å². The number of carbonyl (C=O) groups is 1. The van der Waals surface area contributed by atoms with E-state index in [1.165, 1.54) is 4.88 Å². The molecule has 1 N–H and O–H groups in total. The van der Waals surface area contributed by atoms with Crippen molar-refractivity contribution in [3.63, 3.8) is 0 Å². The molecule has 3 heterocycles. The van der Waals surface area contributed by atoms with Crippen LogP contribution in [0, 0.1) is 0 Å². The van der Waals surface area contributed by atoms with E-state index in [4.69, 9.17) is 4.74 Å². The molecule has 6 rings (SSSR count). The topological polar surface area (TPSA) is 48.1 Å². The summed E-state index contributed by atoms with van der Waals surface area (Å²) in [7, 11) is 0. The smallest absolute Gasteiger partial charge is 0.255 e. The number of anilines is 2. The molecule has 2 aliphatic heterocycles. The van der Waals surface area contributed by atoms with Crippen molar-refractivity contribution in [3.05, 3.63) is 105 Å². The van der Waals surface area contributed by atoms with Crippen LogP contribution in [0.15, 0.2) is 78.2 Å². The minimum Gasteiger partial charge on any atom is -0.456 e. The lowest BCUT2D eigenvalue weighted by Crippen LogP contribution is -2.49. The zero-order valence-corrected chi connectivity index (χ0v) is 25.8. The number of benzene rings is 3. The van der Waals surface area contributed by atoms with E-state index < -0.39 is 5.54 Å². The van der Waals surface area contributed by atoms with Gasteiger partial charge in [-0.05, 0) is 62.9 Å². The van der Waals surface area contributed by atoms with Crippen LogP contribution in [-0.4, -0.2) is 50.1 Å². The summed E-state index contributed by atoms with van der Waals surface area (Å²) in [4.78, 5) is 22.3. The first-order valence-corrected chi connectivity index (χ1v) is 16.1. The number of rotatable bonds is 11. The van der Waals surface area contributed by atoms with Gasteiger partial charge >= 0.3 is 0 Å². The largest absolute Gasteiger partial charge is 0.456 e. The quantitative estimate of drug-likeness (QED) is 0.192. The molecule has 0 atom stereocenters. The molecule has 1 amide bonds. The number of amides is 1. The fraction of sp³-hybridized carbons (Fsp3) is 0.343. The Kier molecular flexibility index (Phi) is 7.97. The summed E-state index contributed by atoms with van der Waals surface area (Å²) in [5, 5.41) is 5.68. The Morgan fingerprint density at radius 1 is 0.786 bits per heavy atom. The van der Waals surface area contributed by atoms with Gasteiger partial charge in [0, 0.05) is 90.9 Å². The van der Waals surface area contributed by atoms with E-state index in [0.717, 1.165) is 77.9 Å². The Bertz CT molecular complexity index is 1500. The Balaban J connectivity index is 1.52.